The number of H-pyrrole nitrogens is 1. The van der Waals surface area contributed by atoms with Crippen molar-refractivity contribution in [1.82, 2.24) is 10.2 Å². The summed E-state index contributed by atoms with van der Waals surface area (Å²) in [5.41, 5.74) is 3.74. The van der Waals surface area contributed by atoms with E-state index in [0.717, 1.165) is 22.5 Å². The van der Waals surface area contributed by atoms with Crippen molar-refractivity contribution in [2.24, 2.45) is 0 Å². The molecule has 1 heterocycles. The lowest BCUT2D eigenvalue weighted by Crippen LogP contribution is -1.82. The minimum atomic E-state index is 0.402. The van der Waals surface area contributed by atoms with Gasteiger partial charge in [0.25, 0.3) is 0 Å². The molecular formula is C12H11ClN2. The Morgan fingerprint density at radius 2 is 2.07 bits per heavy atom. The molecular weight excluding hydrogens is 208 g/mol. The molecule has 2 nitrogen and oxygen atoms in total. The summed E-state index contributed by atoms with van der Waals surface area (Å²) in [6, 6.07) is 12.0. The van der Waals surface area contributed by atoms with E-state index in [-0.39, 0.29) is 0 Å². The van der Waals surface area contributed by atoms with Gasteiger partial charge in [-0.05, 0) is 17.2 Å². The average molecular weight is 219 g/mol. The lowest BCUT2D eigenvalue weighted by molar-refractivity contribution is 1.08. The Morgan fingerprint density at radius 3 is 2.73 bits per heavy atom. The number of nitrogens with zero attached hydrogens (tertiary/aromatic N) is 1. The van der Waals surface area contributed by atoms with Crippen LogP contribution in [0.1, 0.15) is 5.69 Å². The van der Waals surface area contributed by atoms with Crippen molar-refractivity contribution >= 4 is 17.2 Å². The normalized spacial score (nSPS) is 10.2. The molecule has 0 spiro atoms. The topological polar surface area (TPSA) is 28.7 Å². The second kappa shape index (κ2) is 4.32. The smallest absolute Gasteiger partial charge is 0.0893 e. The Bertz CT molecular complexity index is 459. The highest BCUT2D eigenvalue weighted by Gasteiger charge is 2.04. The largest absolute Gasteiger partial charge is 0.277 e. The van der Waals surface area contributed by atoms with E-state index >= 15 is 0 Å². The lowest BCUT2D eigenvalue weighted by atomic mass is 10.1. The second-order valence-corrected chi connectivity index (χ2v) is 3.54. The molecule has 0 amide bonds. The molecule has 76 valence electrons. The van der Waals surface area contributed by atoms with Gasteiger partial charge < -0.3 is 0 Å². The van der Waals surface area contributed by atoms with Crippen LogP contribution < -0.4 is 0 Å². The third kappa shape index (κ3) is 2.10. The number of alkyl halides is 1. The zero-order chi connectivity index (χ0) is 10.7. The fraction of sp³-hybridized carbons (Fsp3) is 0.0833. The SMILES string of the molecule is C=C(CCl)c1cc(-c2ccccc2)[nH]n1. The molecule has 0 bridgehead atoms. The number of allylic oxidation sites excluding steroid dienone is 1. The lowest BCUT2D eigenvalue weighted by Gasteiger charge is -1.94. The van der Waals surface area contributed by atoms with Crippen LogP contribution in [0.15, 0.2) is 43.0 Å². The third-order valence-electron chi connectivity index (χ3n) is 2.19. The first-order valence-electron chi connectivity index (χ1n) is 4.66. The van der Waals surface area contributed by atoms with Gasteiger partial charge in [0.15, 0.2) is 0 Å². The first-order valence-corrected chi connectivity index (χ1v) is 5.19. The van der Waals surface area contributed by atoms with Gasteiger partial charge in [0, 0.05) is 5.88 Å². The second-order valence-electron chi connectivity index (χ2n) is 3.27. The summed E-state index contributed by atoms with van der Waals surface area (Å²) < 4.78 is 0. The standard InChI is InChI=1S/C12H11ClN2/c1-9(8-13)11-7-12(15-14-11)10-5-3-2-4-6-10/h2-7H,1,8H2,(H,14,15). The fourth-order valence-electron chi connectivity index (χ4n) is 1.34. The number of benzene rings is 1. The molecule has 0 radical (unpaired) electrons. The predicted molar refractivity (Wildman–Crippen MR) is 63.8 cm³/mol. The van der Waals surface area contributed by atoms with Crippen molar-refractivity contribution in [1.29, 1.82) is 0 Å². The summed E-state index contributed by atoms with van der Waals surface area (Å²) in [4.78, 5) is 0. The van der Waals surface area contributed by atoms with Crippen molar-refractivity contribution in [3.05, 3.63) is 48.7 Å². The molecule has 0 saturated carbocycles. The van der Waals surface area contributed by atoms with Crippen molar-refractivity contribution in [2.45, 2.75) is 0 Å². The van der Waals surface area contributed by atoms with Crippen molar-refractivity contribution in [2.75, 3.05) is 5.88 Å². The minimum absolute atomic E-state index is 0.402. The summed E-state index contributed by atoms with van der Waals surface area (Å²) in [5, 5.41) is 7.12. The van der Waals surface area contributed by atoms with Crippen LogP contribution in [-0.2, 0) is 0 Å². The van der Waals surface area contributed by atoms with E-state index in [2.05, 4.69) is 16.8 Å². The molecule has 1 aromatic heterocycles. The molecule has 2 aromatic rings. The molecule has 1 N–H and O–H groups in total. The Hall–Kier alpha value is -1.54. The van der Waals surface area contributed by atoms with Crippen LogP contribution in [0.25, 0.3) is 16.8 Å². The number of nitrogens with one attached hydrogen (secondary N) is 1. The predicted octanol–water partition coefficient (Wildman–Crippen LogP) is 3.33. The third-order valence-corrected chi connectivity index (χ3v) is 2.51. The fourth-order valence-corrected chi connectivity index (χ4v) is 1.47. The molecule has 1 aromatic carbocycles. The molecule has 0 saturated heterocycles. The zero-order valence-corrected chi connectivity index (χ0v) is 8.96. The number of aromatic nitrogens is 2. The van der Waals surface area contributed by atoms with Gasteiger partial charge in [-0.1, -0.05) is 36.9 Å². The van der Waals surface area contributed by atoms with Gasteiger partial charge in [-0.3, -0.25) is 5.10 Å². The Labute approximate surface area is 93.6 Å². The van der Waals surface area contributed by atoms with Gasteiger partial charge in [-0.2, -0.15) is 5.10 Å². The van der Waals surface area contributed by atoms with Crippen LogP contribution in [-0.4, -0.2) is 16.1 Å². The van der Waals surface area contributed by atoms with E-state index in [1.807, 2.05) is 36.4 Å². The van der Waals surface area contributed by atoms with E-state index in [1.165, 1.54) is 0 Å². The monoisotopic (exact) mass is 218 g/mol. The molecule has 0 aliphatic heterocycles. The summed E-state index contributed by atoms with van der Waals surface area (Å²) in [7, 11) is 0. The number of hydrogen-bond acceptors (Lipinski definition) is 1. The molecule has 2 rings (SSSR count). The van der Waals surface area contributed by atoms with E-state index in [9.17, 15) is 0 Å². The van der Waals surface area contributed by atoms with Crippen molar-refractivity contribution < 1.29 is 0 Å². The van der Waals surface area contributed by atoms with Gasteiger partial charge in [-0.15, -0.1) is 11.6 Å². The zero-order valence-electron chi connectivity index (χ0n) is 8.20. The van der Waals surface area contributed by atoms with Crippen LogP contribution in [0.4, 0.5) is 0 Å². The van der Waals surface area contributed by atoms with Crippen LogP contribution in [0.5, 0.6) is 0 Å². The van der Waals surface area contributed by atoms with Gasteiger partial charge in [-0.25, -0.2) is 0 Å². The first-order chi connectivity index (χ1) is 7.31. The van der Waals surface area contributed by atoms with Crippen molar-refractivity contribution in [3.63, 3.8) is 0 Å². The van der Waals surface area contributed by atoms with Gasteiger partial charge in [0.05, 0.1) is 11.4 Å². The minimum Gasteiger partial charge on any atom is -0.277 e. The summed E-state index contributed by atoms with van der Waals surface area (Å²) >= 11 is 5.69. The van der Waals surface area contributed by atoms with E-state index in [4.69, 9.17) is 11.6 Å². The molecule has 0 fully saturated rings. The highest BCUT2D eigenvalue weighted by atomic mass is 35.5. The Balaban J connectivity index is 2.32. The van der Waals surface area contributed by atoms with Gasteiger partial charge in [0.2, 0.25) is 0 Å². The molecule has 0 unspecified atom stereocenters. The summed E-state index contributed by atoms with van der Waals surface area (Å²) in [6.45, 7) is 3.84. The van der Waals surface area contributed by atoms with Gasteiger partial charge >= 0.3 is 0 Å². The van der Waals surface area contributed by atoms with Crippen LogP contribution in [0.3, 0.4) is 0 Å². The van der Waals surface area contributed by atoms with E-state index in [1.54, 1.807) is 0 Å². The maximum atomic E-state index is 5.69. The van der Waals surface area contributed by atoms with Crippen LogP contribution in [0.2, 0.25) is 0 Å². The number of halogens is 1. The molecule has 0 atom stereocenters. The van der Waals surface area contributed by atoms with Crippen molar-refractivity contribution in [3.8, 4) is 11.3 Å². The average Bonchev–Trinajstić information content (AvgIpc) is 2.78. The maximum Gasteiger partial charge on any atom is 0.0893 e. The van der Waals surface area contributed by atoms with Crippen LogP contribution in [0, 0.1) is 0 Å². The Kier molecular flexibility index (Phi) is 2.88. The molecule has 3 heteroatoms. The highest BCUT2D eigenvalue weighted by Crippen LogP contribution is 2.20. The first kappa shape index (κ1) is 9.99. The van der Waals surface area contributed by atoms with E-state index in [0.29, 0.717) is 5.88 Å². The molecule has 0 aliphatic carbocycles. The summed E-state index contributed by atoms with van der Waals surface area (Å²) in [5.74, 6) is 0.402. The van der Waals surface area contributed by atoms with E-state index < -0.39 is 0 Å². The number of hydrogen-bond donors (Lipinski definition) is 1. The van der Waals surface area contributed by atoms with Crippen LogP contribution >= 0.6 is 11.6 Å². The highest BCUT2D eigenvalue weighted by molar-refractivity contribution is 6.23. The molecule has 15 heavy (non-hydrogen) atoms. The van der Waals surface area contributed by atoms with Gasteiger partial charge in [0.1, 0.15) is 0 Å². The maximum absolute atomic E-state index is 5.69. The molecule has 0 aliphatic rings. The number of aromatic amines is 1. The number of rotatable bonds is 3. The quantitative estimate of drug-likeness (QED) is 0.787. The summed E-state index contributed by atoms with van der Waals surface area (Å²) in [6.07, 6.45) is 0. The Morgan fingerprint density at radius 1 is 1.33 bits per heavy atom.